The summed E-state index contributed by atoms with van der Waals surface area (Å²) in [5.41, 5.74) is 3.36. The average Bonchev–Trinajstić information content (AvgIpc) is 3.24. The van der Waals surface area contributed by atoms with Gasteiger partial charge in [-0.2, -0.15) is 0 Å². The summed E-state index contributed by atoms with van der Waals surface area (Å²) in [5.74, 6) is 1.75. The molecular formula is C21H24N2O5S2. The van der Waals surface area contributed by atoms with E-state index in [1.54, 1.807) is 0 Å². The van der Waals surface area contributed by atoms with Gasteiger partial charge in [-0.15, -0.1) is 10.2 Å². The lowest BCUT2D eigenvalue weighted by atomic mass is 9.95. The maximum Gasteiger partial charge on any atom is 0.336 e. The Bertz CT molecular complexity index is 1240. The minimum Gasteiger partial charge on any atom is -0.423 e. The highest BCUT2D eigenvalue weighted by atomic mass is 32.2. The lowest BCUT2D eigenvalue weighted by Crippen LogP contribution is -2.07. The SMILES string of the molecule is Cc1cc2oc(=O)cc(CSc3nnc(CC4CCS(=O)(=O)C4)o3)c2cc1C(C)C. The highest BCUT2D eigenvalue weighted by molar-refractivity contribution is 7.98. The fourth-order valence-corrected chi connectivity index (χ4v) is 6.56. The third-order valence-corrected chi connectivity index (χ3v) is 8.13. The number of rotatable bonds is 6. The van der Waals surface area contributed by atoms with Crippen LogP contribution in [0.1, 0.15) is 48.8 Å². The van der Waals surface area contributed by atoms with Crippen molar-refractivity contribution in [2.24, 2.45) is 5.92 Å². The lowest BCUT2D eigenvalue weighted by Gasteiger charge is -2.12. The van der Waals surface area contributed by atoms with Gasteiger partial charge in [-0.3, -0.25) is 0 Å². The maximum absolute atomic E-state index is 12.0. The standard InChI is InChI=1S/C21H24N2O5S2/c1-12(2)16-9-17-15(8-20(24)27-18(17)6-13(16)3)10-29-21-23-22-19(28-21)7-14-4-5-30(25,26)11-14/h6,8-9,12,14H,4-5,7,10-11H2,1-3H3. The third kappa shape index (κ3) is 4.62. The maximum atomic E-state index is 12.0. The lowest BCUT2D eigenvalue weighted by molar-refractivity contribution is 0.389. The van der Waals surface area contributed by atoms with E-state index in [0.717, 1.165) is 16.5 Å². The average molecular weight is 449 g/mol. The van der Waals surface area contributed by atoms with Crippen LogP contribution in [-0.2, 0) is 22.0 Å². The molecule has 0 amide bonds. The molecule has 3 aromatic rings. The summed E-state index contributed by atoms with van der Waals surface area (Å²) in [7, 11) is -2.93. The largest absolute Gasteiger partial charge is 0.423 e. The van der Waals surface area contributed by atoms with Gasteiger partial charge < -0.3 is 8.83 Å². The van der Waals surface area contributed by atoms with E-state index in [0.29, 0.717) is 41.2 Å². The van der Waals surface area contributed by atoms with Crippen molar-refractivity contribution >= 4 is 32.6 Å². The molecule has 0 bridgehead atoms. The molecule has 1 aliphatic rings. The van der Waals surface area contributed by atoms with Gasteiger partial charge in [-0.25, -0.2) is 13.2 Å². The monoisotopic (exact) mass is 448 g/mol. The second-order valence-corrected chi connectivity index (χ2v) is 11.3. The number of aryl methyl sites for hydroxylation is 1. The Morgan fingerprint density at radius 1 is 1.20 bits per heavy atom. The van der Waals surface area contributed by atoms with Gasteiger partial charge in [-0.05, 0) is 54.0 Å². The van der Waals surface area contributed by atoms with Crippen molar-refractivity contribution in [3.05, 3.63) is 51.2 Å². The molecule has 1 aliphatic heterocycles. The third-order valence-electron chi connectivity index (χ3n) is 5.43. The predicted octanol–water partition coefficient (Wildman–Crippen LogP) is 3.88. The molecule has 1 aromatic carbocycles. The van der Waals surface area contributed by atoms with Gasteiger partial charge in [0.05, 0.1) is 11.5 Å². The van der Waals surface area contributed by atoms with E-state index in [1.807, 2.05) is 13.0 Å². The number of sulfone groups is 1. The Morgan fingerprint density at radius 3 is 2.70 bits per heavy atom. The number of thioether (sulfide) groups is 1. The van der Waals surface area contributed by atoms with Crippen molar-refractivity contribution in [3.8, 4) is 0 Å². The normalized spacial score (nSPS) is 18.5. The first-order valence-electron chi connectivity index (χ1n) is 9.93. The zero-order chi connectivity index (χ0) is 21.5. The summed E-state index contributed by atoms with van der Waals surface area (Å²) < 4.78 is 34.3. The highest BCUT2D eigenvalue weighted by Crippen LogP contribution is 2.30. The van der Waals surface area contributed by atoms with Gasteiger partial charge in [-0.1, -0.05) is 25.6 Å². The fourth-order valence-electron chi connectivity index (χ4n) is 3.93. The number of benzene rings is 1. The number of fused-ring (bicyclic) bond motifs is 1. The minimum absolute atomic E-state index is 0.0358. The number of hydrogen-bond acceptors (Lipinski definition) is 8. The first-order valence-corrected chi connectivity index (χ1v) is 12.7. The van der Waals surface area contributed by atoms with Gasteiger partial charge in [0.25, 0.3) is 5.22 Å². The molecule has 0 N–H and O–H groups in total. The van der Waals surface area contributed by atoms with E-state index in [-0.39, 0.29) is 23.0 Å². The van der Waals surface area contributed by atoms with Crippen LogP contribution in [0.2, 0.25) is 0 Å². The second kappa shape index (κ2) is 8.19. The van der Waals surface area contributed by atoms with Crippen molar-refractivity contribution in [3.63, 3.8) is 0 Å². The smallest absolute Gasteiger partial charge is 0.336 e. The van der Waals surface area contributed by atoms with Crippen molar-refractivity contribution < 1.29 is 17.3 Å². The molecule has 0 saturated carbocycles. The Hall–Kier alpha value is -2.13. The van der Waals surface area contributed by atoms with Gasteiger partial charge in [0.15, 0.2) is 9.84 Å². The fraction of sp³-hybridized carbons (Fsp3) is 0.476. The van der Waals surface area contributed by atoms with E-state index < -0.39 is 9.84 Å². The number of hydrogen-bond donors (Lipinski definition) is 0. The first kappa shape index (κ1) is 21.1. The van der Waals surface area contributed by atoms with Gasteiger partial charge in [0.1, 0.15) is 5.58 Å². The van der Waals surface area contributed by atoms with Crippen molar-refractivity contribution in [2.45, 2.75) is 50.5 Å². The van der Waals surface area contributed by atoms with Gasteiger partial charge in [0.2, 0.25) is 5.89 Å². The minimum atomic E-state index is -2.93. The van der Waals surface area contributed by atoms with Crippen molar-refractivity contribution in [2.75, 3.05) is 11.5 Å². The van der Waals surface area contributed by atoms with Crippen LogP contribution in [0.15, 0.2) is 37.1 Å². The molecule has 0 aliphatic carbocycles. The molecule has 0 spiro atoms. The summed E-state index contributed by atoms with van der Waals surface area (Å²) >= 11 is 1.35. The molecule has 2 aromatic heterocycles. The van der Waals surface area contributed by atoms with Crippen LogP contribution in [0.3, 0.4) is 0 Å². The molecular weight excluding hydrogens is 424 g/mol. The van der Waals surface area contributed by atoms with E-state index in [4.69, 9.17) is 8.83 Å². The molecule has 0 radical (unpaired) electrons. The van der Waals surface area contributed by atoms with E-state index in [2.05, 4.69) is 30.1 Å². The van der Waals surface area contributed by atoms with Crippen LogP contribution in [-0.4, -0.2) is 30.1 Å². The molecule has 1 unspecified atom stereocenters. The summed E-state index contributed by atoms with van der Waals surface area (Å²) in [6, 6.07) is 5.52. The summed E-state index contributed by atoms with van der Waals surface area (Å²) in [5, 5.41) is 9.44. The molecule has 9 heteroatoms. The summed E-state index contributed by atoms with van der Waals surface area (Å²) in [6.07, 6.45) is 1.11. The molecule has 7 nitrogen and oxygen atoms in total. The molecule has 1 atom stereocenters. The molecule has 1 saturated heterocycles. The van der Waals surface area contributed by atoms with Crippen molar-refractivity contribution in [1.82, 2.24) is 10.2 Å². The first-order chi connectivity index (χ1) is 14.2. The molecule has 1 fully saturated rings. The Morgan fingerprint density at radius 2 is 2.00 bits per heavy atom. The molecule has 3 heterocycles. The van der Waals surface area contributed by atoms with Gasteiger partial charge in [0, 0.05) is 23.6 Å². The predicted molar refractivity (Wildman–Crippen MR) is 116 cm³/mol. The van der Waals surface area contributed by atoms with Crippen LogP contribution in [0.5, 0.6) is 0 Å². The Balaban J connectivity index is 1.52. The summed E-state index contributed by atoms with van der Waals surface area (Å²) in [4.78, 5) is 12.0. The topological polar surface area (TPSA) is 103 Å². The van der Waals surface area contributed by atoms with Crippen LogP contribution >= 0.6 is 11.8 Å². The van der Waals surface area contributed by atoms with Gasteiger partial charge >= 0.3 is 5.63 Å². The van der Waals surface area contributed by atoms with Crippen LogP contribution in [0.4, 0.5) is 0 Å². The number of nitrogens with zero attached hydrogens (tertiary/aromatic N) is 2. The quantitative estimate of drug-likeness (QED) is 0.413. The zero-order valence-corrected chi connectivity index (χ0v) is 18.8. The van der Waals surface area contributed by atoms with E-state index in [1.165, 1.54) is 23.4 Å². The Kier molecular flexibility index (Phi) is 5.76. The van der Waals surface area contributed by atoms with Crippen LogP contribution < -0.4 is 5.63 Å². The molecule has 30 heavy (non-hydrogen) atoms. The second-order valence-electron chi connectivity index (χ2n) is 8.17. The Labute approximate surface area is 179 Å². The van der Waals surface area contributed by atoms with E-state index in [9.17, 15) is 13.2 Å². The van der Waals surface area contributed by atoms with E-state index >= 15 is 0 Å². The molecule has 160 valence electrons. The highest BCUT2D eigenvalue weighted by Gasteiger charge is 2.29. The number of aromatic nitrogens is 2. The van der Waals surface area contributed by atoms with Crippen LogP contribution in [0.25, 0.3) is 11.0 Å². The van der Waals surface area contributed by atoms with Crippen LogP contribution in [0, 0.1) is 12.8 Å². The molecule has 4 rings (SSSR count). The van der Waals surface area contributed by atoms with Crippen molar-refractivity contribution in [1.29, 1.82) is 0 Å². The zero-order valence-electron chi connectivity index (χ0n) is 17.2. The summed E-state index contributed by atoms with van der Waals surface area (Å²) in [6.45, 7) is 6.29.